The topological polar surface area (TPSA) is 72.5 Å². The zero-order chi connectivity index (χ0) is 22.1. The standard InChI is InChI=1S/C25H37NO4S/c1-3-4-5-6-9-30-31(28,29)23-8-7-18(2)10-22(23)26-24(27)17-25-14-19-11-20(15-25)13-21(12-19)16-25/h7-8,10,19-21H,3-6,9,11-17H2,1-2H3,(H,26,27). The second kappa shape index (κ2) is 9.22. The fourth-order valence-electron chi connectivity index (χ4n) is 6.76. The maximum absolute atomic E-state index is 13.1. The van der Waals surface area contributed by atoms with Crippen molar-refractivity contribution in [3.05, 3.63) is 23.8 Å². The molecule has 0 aliphatic heterocycles. The lowest BCUT2D eigenvalue weighted by Gasteiger charge is -2.56. The van der Waals surface area contributed by atoms with E-state index in [1.807, 2.05) is 6.92 Å². The van der Waals surface area contributed by atoms with E-state index < -0.39 is 10.1 Å². The van der Waals surface area contributed by atoms with Crippen LogP contribution in [0.5, 0.6) is 0 Å². The molecular weight excluding hydrogens is 410 g/mol. The summed E-state index contributed by atoms with van der Waals surface area (Å²) >= 11 is 0. The number of nitrogens with one attached hydrogen (secondary N) is 1. The molecule has 4 saturated carbocycles. The first kappa shape index (κ1) is 22.8. The highest BCUT2D eigenvalue weighted by Gasteiger charge is 2.51. The zero-order valence-corrected chi connectivity index (χ0v) is 19.8. The van der Waals surface area contributed by atoms with Crippen molar-refractivity contribution in [3.8, 4) is 0 Å². The number of anilines is 1. The van der Waals surface area contributed by atoms with E-state index in [0.717, 1.165) is 61.8 Å². The molecule has 5 rings (SSSR count). The number of amides is 1. The average Bonchev–Trinajstić information content (AvgIpc) is 2.66. The van der Waals surface area contributed by atoms with Crippen LogP contribution in [0.4, 0.5) is 5.69 Å². The molecule has 1 aromatic rings. The van der Waals surface area contributed by atoms with Gasteiger partial charge in [0.1, 0.15) is 4.90 Å². The van der Waals surface area contributed by atoms with Crippen molar-refractivity contribution < 1.29 is 17.4 Å². The Hall–Kier alpha value is -1.40. The molecule has 1 amide bonds. The summed E-state index contributed by atoms with van der Waals surface area (Å²) in [5, 5.41) is 2.95. The third-order valence-corrected chi connectivity index (χ3v) is 8.99. The van der Waals surface area contributed by atoms with Gasteiger partial charge >= 0.3 is 0 Å². The van der Waals surface area contributed by atoms with Crippen LogP contribution in [0, 0.1) is 30.1 Å². The summed E-state index contributed by atoms with van der Waals surface area (Å²) in [6.45, 7) is 4.19. The van der Waals surface area contributed by atoms with Crippen molar-refractivity contribution in [3.63, 3.8) is 0 Å². The van der Waals surface area contributed by atoms with Gasteiger partial charge in [0.05, 0.1) is 12.3 Å². The molecule has 31 heavy (non-hydrogen) atoms. The Kier molecular flexibility index (Phi) is 6.78. The van der Waals surface area contributed by atoms with Crippen molar-refractivity contribution >= 4 is 21.7 Å². The zero-order valence-electron chi connectivity index (χ0n) is 19.0. The minimum absolute atomic E-state index is 0.0625. The molecule has 0 spiro atoms. The third-order valence-electron chi connectivity index (χ3n) is 7.62. The lowest BCUT2D eigenvalue weighted by Crippen LogP contribution is -2.47. The highest BCUT2D eigenvalue weighted by atomic mass is 32.2. The number of rotatable bonds is 10. The fraction of sp³-hybridized carbons (Fsp3) is 0.720. The van der Waals surface area contributed by atoms with E-state index in [2.05, 4.69) is 12.2 Å². The molecular formula is C25H37NO4S. The molecule has 0 heterocycles. The Labute approximate surface area is 187 Å². The predicted octanol–water partition coefficient (Wildman–Crippen LogP) is 5.83. The molecule has 4 aliphatic carbocycles. The van der Waals surface area contributed by atoms with Crippen LogP contribution in [0.15, 0.2) is 23.1 Å². The number of carbonyl (C=O) groups excluding carboxylic acids is 1. The number of hydrogen-bond donors (Lipinski definition) is 1. The van der Waals surface area contributed by atoms with E-state index in [1.54, 1.807) is 18.2 Å². The summed E-state index contributed by atoms with van der Waals surface area (Å²) in [5.74, 6) is 2.30. The molecule has 0 aromatic heterocycles. The van der Waals surface area contributed by atoms with Crippen LogP contribution in [0.1, 0.15) is 83.1 Å². The first-order chi connectivity index (χ1) is 14.8. The first-order valence-electron chi connectivity index (χ1n) is 12.1. The van der Waals surface area contributed by atoms with Gasteiger partial charge in [-0.1, -0.05) is 32.3 Å². The van der Waals surface area contributed by atoms with E-state index in [1.165, 1.54) is 19.3 Å². The molecule has 6 heteroatoms. The number of benzene rings is 1. The SMILES string of the molecule is CCCCCCOS(=O)(=O)c1ccc(C)cc1NC(=O)CC12CC3CC(CC(C3)C1)C2. The smallest absolute Gasteiger partial charge is 0.299 e. The van der Waals surface area contributed by atoms with E-state index in [9.17, 15) is 13.2 Å². The second-order valence-electron chi connectivity index (χ2n) is 10.5. The Bertz CT molecular complexity index is 873. The number of carbonyl (C=O) groups is 1. The molecule has 4 aliphatic rings. The number of unbranched alkanes of at least 4 members (excludes halogenated alkanes) is 3. The van der Waals surface area contributed by atoms with Gasteiger partial charge in [0, 0.05) is 6.42 Å². The maximum atomic E-state index is 13.1. The number of hydrogen-bond acceptors (Lipinski definition) is 4. The van der Waals surface area contributed by atoms with Gasteiger partial charge in [0.2, 0.25) is 5.91 Å². The quantitative estimate of drug-likeness (QED) is 0.362. The summed E-state index contributed by atoms with van der Waals surface area (Å²) in [5.41, 5.74) is 1.38. The normalized spacial score (nSPS) is 29.3. The van der Waals surface area contributed by atoms with Crippen molar-refractivity contribution in [1.82, 2.24) is 0 Å². The second-order valence-corrected chi connectivity index (χ2v) is 12.1. The summed E-state index contributed by atoms with van der Waals surface area (Å²) in [6, 6.07) is 5.05. The lowest BCUT2D eigenvalue weighted by molar-refractivity contribution is -0.124. The van der Waals surface area contributed by atoms with Gasteiger partial charge in [-0.2, -0.15) is 8.42 Å². The Balaban J connectivity index is 1.43. The van der Waals surface area contributed by atoms with Crippen molar-refractivity contribution in [2.24, 2.45) is 23.2 Å². The predicted molar refractivity (Wildman–Crippen MR) is 122 cm³/mol. The molecule has 4 bridgehead atoms. The van der Waals surface area contributed by atoms with Crippen LogP contribution in [0.2, 0.25) is 0 Å². The van der Waals surface area contributed by atoms with Crippen molar-refractivity contribution in [2.45, 2.75) is 89.4 Å². The molecule has 1 aromatic carbocycles. The van der Waals surface area contributed by atoms with Crippen LogP contribution < -0.4 is 5.32 Å². The molecule has 1 N–H and O–H groups in total. The van der Waals surface area contributed by atoms with E-state index in [0.29, 0.717) is 18.5 Å². The van der Waals surface area contributed by atoms with Gasteiger partial charge in [-0.3, -0.25) is 8.98 Å². The number of aryl methyl sites for hydroxylation is 1. The van der Waals surface area contributed by atoms with Crippen molar-refractivity contribution in [1.29, 1.82) is 0 Å². The average molecular weight is 448 g/mol. The van der Waals surface area contributed by atoms with Crippen LogP contribution >= 0.6 is 0 Å². The fourth-order valence-corrected chi connectivity index (χ4v) is 7.84. The molecule has 0 atom stereocenters. The highest BCUT2D eigenvalue weighted by Crippen LogP contribution is 2.61. The summed E-state index contributed by atoms with van der Waals surface area (Å²) in [6.07, 6.45) is 11.8. The minimum Gasteiger partial charge on any atom is -0.325 e. The van der Waals surface area contributed by atoms with Crippen LogP contribution in [-0.2, 0) is 19.1 Å². The van der Waals surface area contributed by atoms with E-state index in [4.69, 9.17) is 4.18 Å². The summed E-state index contributed by atoms with van der Waals surface area (Å²) in [7, 11) is -3.91. The van der Waals surface area contributed by atoms with Crippen LogP contribution in [0.3, 0.4) is 0 Å². The summed E-state index contributed by atoms with van der Waals surface area (Å²) < 4.78 is 30.9. The van der Waals surface area contributed by atoms with Gasteiger partial charge in [-0.25, -0.2) is 0 Å². The van der Waals surface area contributed by atoms with Gasteiger partial charge < -0.3 is 5.32 Å². The van der Waals surface area contributed by atoms with Gasteiger partial charge in [-0.05, 0) is 92.7 Å². The monoisotopic (exact) mass is 447 g/mol. The largest absolute Gasteiger partial charge is 0.325 e. The third kappa shape index (κ3) is 5.33. The van der Waals surface area contributed by atoms with Crippen LogP contribution in [-0.4, -0.2) is 20.9 Å². The molecule has 0 saturated heterocycles. The Morgan fingerprint density at radius 1 is 1.06 bits per heavy atom. The van der Waals surface area contributed by atoms with Crippen LogP contribution in [0.25, 0.3) is 0 Å². The minimum atomic E-state index is -3.91. The van der Waals surface area contributed by atoms with Gasteiger partial charge in [0.15, 0.2) is 0 Å². The van der Waals surface area contributed by atoms with Gasteiger partial charge in [0.25, 0.3) is 10.1 Å². The first-order valence-corrected chi connectivity index (χ1v) is 13.5. The Morgan fingerprint density at radius 3 is 2.32 bits per heavy atom. The molecule has 0 unspecified atom stereocenters. The molecule has 172 valence electrons. The molecule has 5 nitrogen and oxygen atoms in total. The van der Waals surface area contributed by atoms with E-state index in [-0.39, 0.29) is 22.8 Å². The van der Waals surface area contributed by atoms with Gasteiger partial charge in [-0.15, -0.1) is 0 Å². The Morgan fingerprint density at radius 2 is 1.71 bits per heavy atom. The highest BCUT2D eigenvalue weighted by molar-refractivity contribution is 7.87. The maximum Gasteiger partial charge on any atom is 0.299 e. The molecule has 0 radical (unpaired) electrons. The van der Waals surface area contributed by atoms with E-state index >= 15 is 0 Å². The summed E-state index contributed by atoms with van der Waals surface area (Å²) in [4.78, 5) is 13.1. The molecule has 4 fully saturated rings. The lowest BCUT2D eigenvalue weighted by atomic mass is 9.49. The van der Waals surface area contributed by atoms with Crippen molar-refractivity contribution in [2.75, 3.05) is 11.9 Å².